The van der Waals surface area contributed by atoms with Crippen LogP contribution in [0.4, 0.5) is 0 Å². The van der Waals surface area contributed by atoms with Crippen LogP contribution in [0.1, 0.15) is 15.9 Å². The highest BCUT2D eigenvalue weighted by atomic mass is 32.1. The van der Waals surface area contributed by atoms with Gasteiger partial charge in [-0.15, -0.1) is 11.3 Å². The van der Waals surface area contributed by atoms with Crippen molar-refractivity contribution in [1.29, 1.82) is 0 Å². The Balaban J connectivity index is 1.36. The highest BCUT2D eigenvalue weighted by molar-refractivity contribution is 7.13. The molecule has 0 bridgehead atoms. The largest absolute Gasteiger partial charge is 0.352 e. The zero-order valence-corrected chi connectivity index (χ0v) is 15.0. The topological polar surface area (TPSA) is 42.0 Å². The van der Waals surface area contributed by atoms with Crippen LogP contribution in [0.25, 0.3) is 21.3 Å². The van der Waals surface area contributed by atoms with E-state index in [0.717, 1.165) is 17.0 Å². The van der Waals surface area contributed by atoms with E-state index in [1.54, 1.807) is 17.5 Å². The summed E-state index contributed by atoms with van der Waals surface area (Å²) in [6.07, 6.45) is 2.44. The molecule has 0 spiro atoms. The molecule has 2 heterocycles. The van der Waals surface area contributed by atoms with Crippen LogP contribution in [0.3, 0.4) is 0 Å². The minimum absolute atomic E-state index is 0.0870. The number of hydrogen-bond donors (Lipinski definition) is 1. The summed E-state index contributed by atoms with van der Waals surface area (Å²) in [6, 6.07) is 22.5. The molecule has 1 N–H and O–H groups in total. The van der Waals surface area contributed by atoms with Crippen molar-refractivity contribution in [2.24, 2.45) is 0 Å². The lowest BCUT2D eigenvalue weighted by Gasteiger charge is -2.07. The second kappa shape index (κ2) is 7.50. The highest BCUT2D eigenvalue weighted by Crippen LogP contribution is 2.22. The summed E-state index contributed by atoms with van der Waals surface area (Å²) >= 11 is 1.64. The molecule has 1 amide bonds. The van der Waals surface area contributed by atoms with Gasteiger partial charge in [0.15, 0.2) is 0 Å². The number of carbonyl (C=O) groups is 1. The van der Waals surface area contributed by atoms with Gasteiger partial charge in [-0.2, -0.15) is 0 Å². The van der Waals surface area contributed by atoms with Gasteiger partial charge in [-0.25, -0.2) is 0 Å². The second-order valence-corrected chi connectivity index (χ2v) is 7.04. The number of carbonyl (C=O) groups excluding carboxylic acids is 1. The van der Waals surface area contributed by atoms with Gasteiger partial charge < -0.3 is 5.32 Å². The van der Waals surface area contributed by atoms with Gasteiger partial charge in [-0.1, -0.05) is 48.5 Å². The minimum Gasteiger partial charge on any atom is -0.352 e. The van der Waals surface area contributed by atoms with Gasteiger partial charge in [0.05, 0.1) is 16.1 Å². The number of fused-ring (bicyclic) bond motifs is 1. The molecule has 0 fully saturated rings. The van der Waals surface area contributed by atoms with Crippen molar-refractivity contribution in [1.82, 2.24) is 10.3 Å². The number of rotatable bonds is 5. The van der Waals surface area contributed by atoms with Gasteiger partial charge in [0, 0.05) is 12.7 Å². The Hall–Kier alpha value is -2.98. The van der Waals surface area contributed by atoms with Crippen LogP contribution in [-0.2, 0) is 6.42 Å². The van der Waals surface area contributed by atoms with Crippen molar-refractivity contribution in [3.05, 3.63) is 89.4 Å². The maximum Gasteiger partial charge on any atom is 0.252 e. The van der Waals surface area contributed by atoms with Crippen LogP contribution in [0.2, 0.25) is 0 Å². The number of aromatic nitrogens is 1. The summed E-state index contributed by atoms with van der Waals surface area (Å²) in [7, 11) is 0. The van der Waals surface area contributed by atoms with Crippen molar-refractivity contribution >= 4 is 28.0 Å². The van der Waals surface area contributed by atoms with Crippen molar-refractivity contribution in [2.75, 3.05) is 6.54 Å². The first-order chi connectivity index (χ1) is 12.8. The Kier molecular flexibility index (Phi) is 4.75. The van der Waals surface area contributed by atoms with E-state index in [9.17, 15) is 4.79 Å². The highest BCUT2D eigenvalue weighted by Gasteiger charge is 2.07. The number of amides is 1. The lowest BCUT2D eigenvalue weighted by Crippen LogP contribution is -2.25. The third kappa shape index (κ3) is 3.65. The van der Waals surface area contributed by atoms with Crippen LogP contribution in [0, 0.1) is 0 Å². The summed E-state index contributed by atoms with van der Waals surface area (Å²) in [5, 5.41) is 7.45. The van der Waals surface area contributed by atoms with Crippen LogP contribution in [0.5, 0.6) is 0 Å². The summed E-state index contributed by atoms with van der Waals surface area (Å²) in [5.41, 5.74) is 2.70. The van der Waals surface area contributed by atoms with Crippen molar-refractivity contribution < 1.29 is 4.79 Å². The lowest BCUT2D eigenvalue weighted by molar-refractivity contribution is 0.0954. The molecule has 4 rings (SSSR count). The monoisotopic (exact) mass is 358 g/mol. The molecule has 0 saturated heterocycles. The molecule has 4 aromatic rings. The van der Waals surface area contributed by atoms with E-state index < -0.39 is 0 Å². The Morgan fingerprint density at radius 3 is 2.62 bits per heavy atom. The molecule has 2 aromatic heterocycles. The number of benzene rings is 2. The molecular weight excluding hydrogens is 340 g/mol. The molecular formula is C22H18N2OS. The molecule has 2 aromatic carbocycles. The molecule has 0 aliphatic rings. The molecule has 0 radical (unpaired) electrons. The van der Waals surface area contributed by atoms with Crippen LogP contribution in [-0.4, -0.2) is 17.4 Å². The molecule has 0 aliphatic heterocycles. The number of hydrogen-bond acceptors (Lipinski definition) is 3. The molecule has 0 aliphatic carbocycles. The fourth-order valence-electron chi connectivity index (χ4n) is 2.91. The first-order valence-electron chi connectivity index (χ1n) is 8.55. The van der Waals surface area contributed by atoms with Crippen LogP contribution < -0.4 is 5.32 Å². The van der Waals surface area contributed by atoms with Gasteiger partial charge >= 0.3 is 0 Å². The first-order valence-corrected chi connectivity index (χ1v) is 9.43. The smallest absolute Gasteiger partial charge is 0.252 e. The van der Waals surface area contributed by atoms with Gasteiger partial charge in [-0.05, 0) is 46.3 Å². The predicted octanol–water partition coefficient (Wildman–Crippen LogP) is 4.94. The van der Waals surface area contributed by atoms with Crippen LogP contribution >= 0.6 is 11.3 Å². The van der Waals surface area contributed by atoms with Gasteiger partial charge in [0.1, 0.15) is 0 Å². The van der Waals surface area contributed by atoms with E-state index in [-0.39, 0.29) is 5.91 Å². The normalized spacial score (nSPS) is 10.8. The number of pyridine rings is 1. The Morgan fingerprint density at radius 1 is 0.962 bits per heavy atom. The molecule has 0 saturated carbocycles. The van der Waals surface area contributed by atoms with Crippen LogP contribution in [0.15, 0.2) is 78.3 Å². The number of nitrogens with zero attached hydrogens (tertiary/aromatic N) is 1. The summed E-state index contributed by atoms with van der Waals surface area (Å²) in [4.78, 5) is 17.8. The van der Waals surface area contributed by atoms with E-state index in [0.29, 0.717) is 12.1 Å². The van der Waals surface area contributed by atoms with Gasteiger partial charge in [0.25, 0.3) is 5.91 Å². The zero-order chi connectivity index (χ0) is 17.8. The van der Waals surface area contributed by atoms with Crippen molar-refractivity contribution in [3.63, 3.8) is 0 Å². The summed E-state index contributed by atoms with van der Waals surface area (Å²) in [5.74, 6) is -0.0870. The average molecular weight is 358 g/mol. The Bertz CT molecular complexity index is 1020. The molecule has 26 heavy (non-hydrogen) atoms. The maximum atomic E-state index is 12.3. The summed E-state index contributed by atoms with van der Waals surface area (Å²) < 4.78 is 0. The fourth-order valence-corrected chi connectivity index (χ4v) is 3.62. The Labute approximate surface area is 156 Å². The molecule has 128 valence electrons. The quantitative estimate of drug-likeness (QED) is 0.549. The number of thiophene rings is 1. The van der Waals surface area contributed by atoms with E-state index >= 15 is 0 Å². The average Bonchev–Trinajstić information content (AvgIpc) is 3.23. The van der Waals surface area contributed by atoms with Crippen molar-refractivity contribution in [3.8, 4) is 10.6 Å². The predicted molar refractivity (Wildman–Crippen MR) is 108 cm³/mol. The third-order valence-corrected chi connectivity index (χ3v) is 5.20. The molecule has 4 heteroatoms. The molecule has 0 unspecified atom stereocenters. The van der Waals surface area contributed by atoms with E-state index in [4.69, 9.17) is 0 Å². The SMILES string of the molecule is O=C(NCCc1ccc2ccccc2c1)c1ccc(-c2cccs2)nc1. The minimum atomic E-state index is -0.0870. The van der Waals surface area contributed by atoms with Gasteiger partial charge in [0.2, 0.25) is 0 Å². The lowest BCUT2D eigenvalue weighted by atomic mass is 10.1. The number of nitrogens with one attached hydrogen (secondary N) is 1. The Morgan fingerprint density at radius 2 is 1.85 bits per heavy atom. The maximum absolute atomic E-state index is 12.3. The molecule has 3 nitrogen and oxygen atoms in total. The third-order valence-electron chi connectivity index (χ3n) is 4.31. The summed E-state index contributed by atoms with van der Waals surface area (Å²) in [6.45, 7) is 0.601. The first kappa shape index (κ1) is 16.5. The molecule has 0 atom stereocenters. The van der Waals surface area contributed by atoms with Crippen molar-refractivity contribution in [2.45, 2.75) is 6.42 Å². The standard InChI is InChI=1S/C22H18N2OS/c25-22(19-9-10-20(24-15-19)21-6-3-13-26-21)23-12-11-16-7-8-17-4-1-2-5-18(17)14-16/h1-10,13-15H,11-12H2,(H,23,25). The van der Waals surface area contributed by atoms with E-state index in [1.807, 2.05) is 41.8 Å². The van der Waals surface area contributed by atoms with E-state index in [2.05, 4.69) is 40.6 Å². The second-order valence-electron chi connectivity index (χ2n) is 6.10. The van der Waals surface area contributed by atoms with E-state index in [1.165, 1.54) is 16.3 Å². The fraction of sp³-hybridized carbons (Fsp3) is 0.0909. The van der Waals surface area contributed by atoms with Gasteiger partial charge in [-0.3, -0.25) is 9.78 Å². The zero-order valence-electron chi connectivity index (χ0n) is 14.2.